The Morgan fingerprint density at radius 3 is 2.41 bits per heavy atom. The minimum absolute atomic E-state index is 0.247. The van der Waals surface area contributed by atoms with Crippen LogP contribution < -0.4 is 0 Å². The lowest BCUT2D eigenvalue weighted by molar-refractivity contribution is -0.0716. The molecule has 0 radical (unpaired) electrons. The molecule has 120 valence electrons. The molecule has 2 unspecified atom stereocenters. The fourth-order valence-corrected chi connectivity index (χ4v) is 2.75. The second kappa shape index (κ2) is 5.76. The summed E-state index contributed by atoms with van der Waals surface area (Å²) in [5, 5.41) is 0. The quantitative estimate of drug-likeness (QED) is 0.765. The van der Waals surface area contributed by atoms with Gasteiger partial charge in [-0.2, -0.15) is 0 Å². The van der Waals surface area contributed by atoms with E-state index in [1.54, 1.807) is 11.0 Å². The maximum Gasteiger partial charge on any atom is 0.413 e. The number of hydrogen-bond acceptors (Lipinski definition) is 3. The first-order chi connectivity index (χ1) is 10.2. The monoisotopic (exact) mass is 303 g/mol. The normalized spacial score (nSPS) is 24.1. The molecule has 2 rings (SSSR count). The van der Waals surface area contributed by atoms with Gasteiger partial charge < -0.3 is 9.47 Å². The van der Waals surface area contributed by atoms with Gasteiger partial charge in [-0.3, -0.25) is 4.90 Å². The van der Waals surface area contributed by atoms with Crippen LogP contribution in [0.25, 0.3) is 0 Å². The van der Waals surface area contributed by atoms with Crippen LogP contribution in [0.3, 0.4) is 0 Å². The van der Waals surface area contributed by atoms with Crippen molar-refractivity contribution in [3.05, 3.63) is 48.6 Å². The average molecular weight is 303 g/mol. The summed E-state index contributed by atoms with van der Waals surface area (Å²) in [6, 6.07) is 9.59. The fraction of sp³-hybridized carbons (Fsp3) is 0.500. The molecule has 2 atom stereocenters. The number of benzene rings is 1. The molecule has 0 bridgehead atoms. The Bertz CT molecular complexity index is 545. The third kappa shape index (κ3) is 3.33. The molecule has 1 aliphatic rings. The van der Waals surface area contributed by atoms with E-state index in [4.69, 9.17) is 9.47 Å². The van der Waals surface area contributed by atoms with Crippen LogP contribution in [0.15, 0.2) is 43.0 Å². The molecule has 1 aliphatic heterocycles. The van der Waals surface area contributed by atoms with E-state index < -0.39 is 11.3 Å². The first-order valence-electron chi connectivity index (χ1n) is 7.53. The third-order valence-electron chi connectivity index (χ3n) is 3.56. The molecule has 22 heavy (non-hydrogen) atoms. The van der Waals surface area contributed by atoms with Gasteiger partial charge in [-0.05, 0) is 40.2 Å². The van der Waals surface area contributed by atoms with Crippen LogP contribution in [0.4, 0.5) is 4.79 Å². The Balaban J connectivity index is 2.41. The van der Waals surface area contributed by atoms with Crippen molar-refractivity contribution in [2.24, 2.45) is 0 Å². The Morgan fingerprint density at radius 2 is 1.91 bits per heavy atom. The molecule has 1 aromatic rings. The van der Waals surface area contributed by atoms with E-state index >= 15 is 0 Å². The molecular weight excluding hydrogens is 278 g/mol. The van der Waals surface area contributed by atoms with Crippen molar-refractivity contribution in [3.63, 3.8) is 0 Å². The van der Waals surface area contributed by atoms with Crippen molar-refractivity contribution < 1.29 is 14.3 Å². The molecule has 0 aliphatic carbocycles. The van der Waals surface area contributed by atoms with Crippen LogP contribution >= 0.6 is 0 Å². The highest BCUT2D eigenvalue weighted by Crippen LogP contribution is 2.42. The molecular formula is C18H25NO3. The minimum Gasteiger partial charge on any atom is -0.444 e. The molecule has 0 saturated carbocycles. The largest absolute Gasteiger partial charge is 0.444 e. The van der Waals surface area contributed by atoms with Gasteiger partial charge in [0.1, 0.15) is 17.4 Å². The highest BCUT2D eigenvalue weighted by molar-refractivity contribution is 5.70. The fourth-order valence-electron chi connectivity index (χ4n) is 2.75. The zero-order valence-corrected chi connectivity index (χ0v) is 14.0. The average Bonchev–Trinajstić information content (AvgIpc) is 2.69. The van der Waals surface area contributed by atoms with Gasteiger partial charge in [-0.25, -0.2) is 4.79 Å². The van der Waals surface area contributed by atoms with Crippen LogP contribution in [0.2, 0.25) is 0 Å². The van der Waals surface area contributed by atoms with Crippen LogP contribution in [0.1, 0.15) is 46.2 Å². The standard InChI is InChI=1S/C18H25NO3/c1-7-14-15(13-11-9-8-10-12-13)19(18(5,6)21-14)16(20)22-17(2,3)4/h7-12,14-15H,1H2,2-6H3. The summed E-state index contributed by atoms with van der Waals surface area (Å²) in [5.41, 5.74) is -0.314. The molecule has 1 saturated heterocycles. The predicted octanol–water partition coefficient (Wildman–Crippen LogP) is 4.29. The number of amides is 1. The van der Waals surface area contributed by atoms with Gasteiger partial charge in [0, 0.05) is 0 Å². The van der Waals surface area contributed by atoms with E-state index in [0.717, 1.165) is 5.56 Å². The Kier molecular flexibility index (Phi) is 4.34. The summed E-state index contributed by atoms with van der Waals surface area (Å²) in [6.45, 7) is 13.2. The van der Waals surface area contributed by atoms with E-state index in [0.29, 0.717) is 0 Å². The molecule has 1 aromatic carbocycles. The molecule has 1 amide bonds. The molecule has 1 fully saturated rings. The summed E-state index contributed by atoms with van der Waals surface area (Å²) < 4.78 is 11.6. The molecule has 4 nitrogen and oxygen atoms in total. The second-order valence-corrected chi connectivity index (χ2v) is 6.97. The van der Waals surface area contributed by atoms with Crippen LogP contribution in [0, 0.1) is 0 Å². The smallest absolute Gasteiger partial charge is 0.413 e. The van der Waals surface area contributed by atoms with Crippen LogP contribution in [0.5, 0.6) is 0 Å². The second-order valence-electron chi connectivity index (χ2n) is 6.97. The molecule has 0 spiro atoms. The zero-order chi connectivity index (χ0) is 16.5. The van der Waals surface area contributed by atoms with Gasteiger partial charge in [0.2, 0.25) is 0 Å². The number of carbonyl (C=O) groups is 1. The van der Waals surface area contributed by atoms with Crippen LogP contribution in [-0.2, 0) is 9.47 Å². The number of hydrogen-bond donors (Lipinski definition) is 0. The summed E-state index contributed by atoms with van der Waals surface area (Å²) in [7, 11) is 0. The van der Waals surface area contributed by atoms with Crippen molar-refractivity contribution in [2.75, 3.05) is 0 Å². The van der Waals surface area contributed by atoms with E-state index in [1.807, 2.05) is 65.0 Å². The number of rotatable bonds is 2. The Labute approximate surface area is 132 Å². The summed E-state index contributed by atoms with van der Waals surface area (Å²) in [4.78, 5) is 14.4. The zero-order valence-electron chi connectivity index (χ0n) is 14.0. The molecule has 0 N–H and O–H groups in total. The van der Waals surface area contributed by atoms with Gasteiger partial charge in [-0.1, -0.05) is 36.4 Å². The van der Waals surface area contributed by atoms with Crippen molar-refractivity contribution in [3.8, 4) is 0 Å². The van der Waals surface area contributed by atoms with Crippen molar-refractivity contribution in [2.45, 2.75) is 58.1 Å². The van der Waals surface area contributed by atoms with E-state index in [1.165, 1.54) is 0 Å². The summed E-state index contributed by atoms with van der Waals surface area (Å²) in [6.07, 6.45) is 1.09. The number of nitrogens with zero attached hydrogens (tertiary/aromatic N) is 1. The lowest BCUT2D eigenvalue weighted by Crippen LogP contribution is -2.47. The van der Waals surface area contributed by atoms with Gasteiger partial charge >= 0.3 is 6.09 Å². The topological polar surface area (TPSA) is 38.8 Å². The minimum atomic E-state index is -0.762. The summed E-state index contributed by atoms with van der Waals surface area (Å²) >= 11 is 0. The first kappa shape index (κ1) is 16.6. The highest BCUT2D eigenvalue weighted by Gasteiger charge is 2.50. The third-order valence-corrected chi connectivity index (χ3v) is 3.56. The van der Waals surface area contributed by atoms with Crippen molar-refractivity contribution >= 4 is 6.09 Å². The van der Waals surface area contributed by atoms with Gasteiger partial charge in [0.05, 0.1) is 6.04 Å². The van der Waals surface area contributed by atoms with E-state index in [9.17, 15) is 4.79 Å². The van der Waals surface area contributed by atoms with Gasteiger partial charge in [0.25, 0.3) is 0 Å². The predicted molar refractivity (Wildman–Crippen MR) is 86.4 cm³/mol. The lowest BCUT2D eigenvalue weighted by atomic mass is 10.0. The highest BCUT2D eigenvalue weighted by atomic mass is 16.6. The molecule has 0 aromatic heterocycles. The maximum atomic E-state index is 12.7. The number of ether oxygens (including phenoxy) is 2. The Morgan fingerprint density at radius 1 is 1.32 bits per heavy atom. The summed E-state index contributed by atoms with van der Waals surface area (Å²) in [5.74, 6) is 0. The Hall–Kier alpha value is -1.81. The molecule has 1 heterocycles. The van der Waals surface area contributed by atoms with Gasteiger partial charge in [0.15, 0.2) is 0 Å². The van der Waals surface area contributed by atoms with Gasteiger partial charge in [-0.15, -0.1) is 6.58 Å². The van der Waals surface area contributed by atoms with E-state index in [-0.39, 0.29) is 18.2 Å². The van der Waals surface area contributed by atoms with Crippen LogP contribution in [-0.4, -0.2) is 28.4 Å². The number of carbonyl (C=O) groups excluding carboxylic acids is 1. The molecule has 4 heteroatoms. The van der Waals surface area contributed by atoms with Crippen molar-refractivity contribution in [1.82, 2.24) is 4.90 Å². The lowest BCUT2D eigenvalue weighted by Gasteiger charge is -2.35. The van der Waals surface area contributed by atoms with E-state index in [2.05, 4.69) is 6.58 Å². The maximum absolute atomic E-state index is 12.7. The SMILES string of the molecule is C=CC1OC(C)(C)N(C(=O)OC(C)(C)C)C1c1ccccc1. The van der Waals surface area contributed by atoms with Crippen molar-refractivity contribution in [1.29, 1.82) is 0 Å². The first-order valence-corrected chi connectivity index (χ1v) is 7.53.